The Hall–Kier alpha value is -2.87. The van der Waals surface area contributed by atoms with Gasteiger partial charge in [-0.1, -0.05) is 24.3 Å². The molecule has 1 aromatic heterocycles. The molecular weight excluding hydrogens is 363 g/mol. The van der Waals surface area contributed by atoms with Crippen molar-refractivity contribution in [2.24, 2.45) is 0 Å². The van der Waals surface area contributed by atoms with Crippen molar-refractivity contribution in [2.45, 2.75) is 13.1 Å². The number of thiazole rings is 1. The highest BCUT2D eigenvalue weighted by atomic mass is 32.1. The zero-order chi connectivity index (χ0) is 18.7. The summed E-state index contributed by atoms with van der Waals surface area (Å²) in [5.41, 5.74) is 0.990. The van der Waals surface area contributed by atoms with Crippen LogP contribution in [0.15, 0.2) is 53.9 Å². The predicted molar refractivity (Wildman–Crippen MR) is 96.4 cm³/mol. The third-order valence-corrected chi connectivity index (χ3v) is 4.31. The average Bonchev–Trinajstić information content (AvgIpc) is 3.01. The zero-order valence-corrected chi connectivity index (χ0v) is 14.4. The van der Waals surface area contributed by atoms with E-state index < -0.39 is 17.8 Å². The highest BCUT2D eigenvalue weighted by Gasteiger charge is 2.33. The summed E-state index contributed by atoms with van der Waals surface area (Å²) < 4.78 is 38.9. The van der Waals surface area contributed by atoms with Gasteiger partial charge in [-0.2, -0.15) is 13.2 Å². The second kappa shape index (κ2) is 7.17. The van der Waals surface area contributed by atoms with E-state index in [4.69, 9.17) is 0 Å². The van der Waals surface area contributed by atoms with Gasteiger partial charge in [-0.3, -0.25) is 0 Å². The number of carbonyl (C=O) groups excluding carboxylic acids is 1. The molecule has 0 saturated heterocycles. The number of benzene rings is 2. The Morgan fingerprint density at radius 3 is 2.35 bits per heavy atom. The summed E-state index contributed by atoms with van der Waals surface area (Å²) in [6.45, 7) is 1.91. The van der Waals surface area contributed by atoms with Gasteiger partial charge in [0, 0.05) is 16.6 Å². The van der Waals surface area contributed by atoms with Gasteiger partial charge >= 0.3 is 12.2 Å². The van der Waals surface area contributed by atoms with Crippen LogP contribution in [-0.4, -0.2) is 11.0 Å². The Morgan fingerprint density at radius 1 is 1.04 bits per heavy atom. The molecule has 134 valence electrons. The topological polar surface area (TPSA) is 54.0 Å². The highest BCUT2D eigenvalue weighted by molar-refractivity contribution is 7.09. The smallest absolute Gasteiger partial charge is 0.308 e. The first-order chi connectivity index (χ1) is 12.3. The second-order valence-electron chi connectivity index (χ2n) is 5.45. The van der Waals surface area contributed by atoms with Gasteiger partial charge in [-0.05, 0) is 31.2 Å². The Balaban J connectivity index is 1.69. The molecule has 1 heterocycles. The maximum Gasteiger partial charge on any atom is 0.418 e. The van der Waals surface area contributed by atoms with Crippen molar-refractivity contribution in [3.8, 4) is 11.3 Å². The number of amides is 2. The lowest BCUT2D eigenvalue weighted by atomic mass is 10.1. The third-order valence-electron chi connectivity index (χ3n) is 3.54. The van der Waals surface area contributed by atoms with Gasteiger partial charge in [-0.25, -0.2) is 9.78 Å². The number of halogens is 3. The van der Waals surface area contributed by atoms with Gasteiger partial charge < -0.3 is 10.6 Å². The number of aromatic nitrogens is 1. The number of nitrogens with zero attached hydrogens (tertiary/aromatic N) is 1. The van der Waals surface area contributed by atoms with Crippen molar-refractivity contribution < 1.29 is 18.0 Å². The second-order valence-corrected chi connectivity index (χ2v) is 6.51. The molecule has 0 fully saturated rings. The van der Waals surface area contributed by atoms with Crippen molar-refractivity contribution in [1.29, 1.82) is 0 Å². The first kappa shape index (κ1) is 17.9. The summed E-state index contributed by atoms with van der Waals surface area (Å²) >= 11 is 1.54. The number of carbonyl (C=O) groups is 1. The van der Waals surface area contributed by atoms with E-state index in [0.717, 1.165) is 22.3 Å². The van der Waals surface area contributed by atoms with Gasteiger partial charge in [0.15, 0.2) is 0 Å². The predicted octanol–water partition coefficient (Wildman–Crippen LogP) is 5.78. The summed E-state index contributed by atoms with van der Waals surface area (Å²) in [4.78, 5) is 16.4. The van der Waals surface area contributed by atoms with Crippen molar-refractivity contribution in [1.82, 2.24) is 4.98 Å². The molecule has 2 aromatic carbocycles. The van der Waals surface area contributed by atoms with Crippen molar-refractivity contribution in [3.63, 3.8) is 0 Å². The number of alkyl halides is 3. The van der Waals surface area contributed by atoms with Crippen molar-refractivity contribution >= 4 is 28.7 Å². The minimum atomic E-state index is -4.54. The highest BCUT2D eigenvalue weighted by Crippen LogP contribution is 2.34. The summed E-state index contributed by atoms with van der Waals surface area (Å²) in [6, 6.07) is 11.0. The molecular formula is C18H14F3N3OS. The van der Waals surface area contributed by atoms with Gasteiger partial charge in [0.25, 0.3) is 0 Å². The largest absolute Gasteiger partial charge is 0.418 e. The number of anilines is 2. The van der Waals surface area contributed by atoms with Gasteiger partial charge in [0.2, 0.25) is 0 Å². The van der Waals surface area contributed by atoms with Crippen LogP contribution in [-0.2, 0) is 6.18 Å². The first-order valence-corrected chi connectivity index (χ1v) is 8.48. The number of hydrogen-bond acceptors (Lipinski definition) is 3. The Morgan fingerprint density at radius 2 is 1.73 bits per heavy atom. The fraction of sp³-hybridized carbons (Fsp3) is 0.111. The van der Waals surface area contributed by atoms with Crippen LogP contribution in [0.4, 0.5) is 29.3 Å². The van der Waals surface area contributed by atoms with E-state index in [9.17, 15) is 18.0 Å². The number of nitrogens with one attached hydrogen (secondary N) is 2. The van der Waals surface area contributed by atoms with E-state index in [2.05, 4.69) is 15.6 Å². The average molecular weight is 377 g/mol. The van der Waals surface area contributed by atoms with E-state index in [0.29, 0.717) is 5.69 Å². The lowest BCUT2D eigenvalue weighted by Gasteiger charge is -2.14. The normalized spacial score (nSPS) is 11.2. The lowest BCUT2D eigenvalue weighted by molar-refractivity contribution is -0.136. The minimum absolute atomic E-state index is 0.299. The number of para-hydroxylation sites is 1. The van der Waals surface area contributed by atoms with Crippen LogP contribution < -0.4 is 10.6 Å². The fourth-order valence-electron chi connectivity index (χ4n) is 2.34. The molecule has 3 rings (SSSR count). The summed E-state index contributed by atoms with van der Waals surface area (Å²) in [5.74, 6) is 0. The molecule has 0 atom stereocenters. The molecule has 26 heavy (non-hydrogen) atoms. The summed E-state index contributed by atoms with van der Waals surface area (Å²) in [7, 11) is 0. The molecule has 8 heteroatoms. The molecule has 4 nitrogen and oxygen atoms in total. The Kier molecular flexibility index (Phi) is 4.94. The van der Waals surface area contributed by atoms with Crippen LogP contribution in [0.5, 0.6) is 0 Å². The van der Waals surface area contributed by atoms with Crippen LogP contribution in [0, 0.1) is 6.92 Å². The van der Waals surface area contributed by atoms with Crippen LogP contribution in [0.2, 0.25) is 0 Å². The van der Waals surface area contributed by atoms with Crippen LogP contribution in [0.25, 0.3) is 11.3 Å². The van der Waals surface area contributed by atoms with Crippen molar-refractivity contribution in [2.75, 3.05) is 10.6 Å². The molecule has 0 saturated carbocycles. The standard InChI is InChI=1S/C18H14F3N3OS/c1-11-22-16(10-26-11)12-6-8-13(9-7-12)23-17(25)24-15-5-3-2-4-14(15)18(19,20)21/h2-10H,1H3,(H2,23,24,25). The molecule has 0 spiro atoms. The minimum Gasteiger partial charge on any atom is -0.308 e. The third kappa shape index (κ3) is 4.20. The molecule has 0 radical (unpaired) electrons. The van der Waals surface area contributed by atoms with Crippen LogP contribution >= 0.6 is 11.3 Å². The number of hydrogen-bond donors (Lipinski definition) is 2. The van der Waals surface area contributed by atoms with Gasteiger partial charge in [0.05, 0.1) is 22.0 Å². The monoisotopic (exact) mass is 377 g/mol. The SMILES string of the molecule is Cc1nc(-c2ccc(NC(=O)Nc3ccccc3C(F)(F)F)cc2)cs1. The van der Waals surface area contributed by atoms with Crippen molar-refractivity contribution in [3.05, 3.63) is 64.5 Å². The van der Waals surface area contributed by atoms with E-state index >= 15 is 0 Å². The molecule has 3 aromatic rings. The maximum absolute atomic E-state index is 13.0. The molecule has 0 aliphatic rings. The Labute approximate surface area is 151 Å². The molecule has 0 bridgehead atoms. The number of urea groups is 1. The zero-order valence-electron chi connectivity index (χ0n) is 13.6. The first-order valence-electron chi connectivity index (χ1n) is 7.60. The number of rotatable bonds is 3. The van der Waals surface area contributed by atoms with E-state index in [1.807, 2.05) is 12.3 Å². The van der Waals surface area contributed by atoms with E-state index in [1.54, 1.807) is 24.3 Å². The Bertz CT molecular complexity index is 920. The molecule has 0 aliphatic heterocycles. The molecule has 2 N–H and O–H groups in total. The maximum atomic E-state index is 13.0. The molecule has 0 unspecified atom stereocenters. The van der Waals surface area contributed by atoms with Crippen LogP contribution in [0.3, 0.4) is 0 Å². The lowest BCUT2D eigenvalue weighted by Crippen LogP contribution is -2.21. The van der Waals surface area contributed by atoms with Gasteiger partial charge in [-0.15, -0.1) is 11.3 Å². The summed E-state index contributed by atoms with van der Waals surface area (Å²) in [5, 5.41) is 7.63. The van der Waals surface area contributed by atoms with Gasteiger partial charge in [0.1, 0.15) is 0 Å². The van der Waals surface area contributed by atoms with E-state index in [-0.39, 0.29) is 5.69 Å². The summed E-state index contributed by atoms with van der Waals surface area (Å²) in [6.07, 6.45) is -4.54. The fourth-order valence-corrected chi connectivity index (χ4v) is 2.97. The van der Waals surface area contributed by atoms with Crippen LogP contribution in [0.1, 0.15) is 10.6 Å². The number of aryl methyl sites for hydroxylation is 1. The molecule has 2 amide bonds. The quantitative estimate of drug-likeness (QED) is 0.608. The van der Waals surface area contributed by atoms with E-state index in [1.165, 1.54) is 29.5 Å². The molecule has 0 aliphatic carbocycles.